The highest BCUT2D eigenvalue weighted by Gasteiger charge is 2.20. The van der Waals surface area contributed by atoms with E-state index in [1.165, 1.54) is 0 Å². The maximum atomic E-state index is 10.1. The van der Waals surface area contributed by atoms with E-state index in [4.69, 9.17) is 26.2 Å². The summed E-state index contributed by atoms with van der Waals surface area (Å²) in [4.78, 5) is 38.7. The number of hydrogen-bond acceptors (Lipinski definition) is 8. The van der Waals surface area contributed by atoms with Crippen molar-refractivity contribution in [1.82, 2.24) is 5.32 Å². The molecule has 12 heteroatoms. The molecular formula is C15H32N4O8. The Hall–Kier alpha value is -2.28. The summed E-state index contributed by atoms with van der Waals surface area (Å²) >= 11 is 0. The monoisotopic (exact) mass is 396 g/mol. The molecule has 1 heterocycles. The van der Waals surface area contributed by atoms with E-state index in [1.54, 1.807) is 0 Å². The van der Waals surface area contributed by atoms with Gasteiger partial charge in [0, 0.05) is 0 Å². The van der Waals surface area contributed by atoms with Gasteiger partial charge in [-0.25, -0.2) is 0 Å². The van der Waals surface area contributed by atoms with Crippen LogP contribution < -0.4 is 22.5 Å². The average molecular weight is 396 g/mol. The fourth-order valence-electron chi connectivity index (χ4n) is 1.50. The molecule has 160 valence electrons. The lowest BCUT2D eigenvalue weighted by molar-refractivity contribution is -0.139. The van der Waals surface area contributed by atoms with Crippen molar-refractivity contribution in [3.8, 4) is 0 Å². The molecular weight excluding hydrogens is 364 g/mol. The third-order valence-electron chi connectivity index (χ3n) is 2.75. The highest BCUT2D eigenvalue weighted by atomic mass is 16.4. The van der Waals surface area contributed by atoms with Gasteiger partial charge in [0.15, 0.2) is 0 Å². The smallest absolute Gasteiger partial charge is 0.320 e. The molecule has 0 aromatic rings. The van der Waals surface area contributed by atoms with Gasteiger partial charge in [-0.1, -0.05) is 13.8 Å². The Kier molecular flexibility index (Phi) is 20.2. The predicted molar refractivity (Wildman–Crippen MR) is 97.1 cm³/mol. The van der Waals surface area contributed by atoms with Gasteiger partial charge in [0.25, 0.3) is 0 Å². The van der Waals surface area contributed by atoms with Gasteiger partial charge in [0.2, 0.25) is 0 Å². The van der Waals surface area contributed by atoms with E-state index >= 15 is 0 Å². The van der Waals surface area contributed by atoms with Crippen molar-refractivity contribution in [3.05, 3.63) is 0 Å². The molecule has 1 unspecified atom stereocenters. The third-order valence-corrected chi connectivity index (χ3v) is 2.75. The summed E-state index contributed by atoms with van der Waals surface area (Å²) in [5.74, 6) is -3.21. The lowest BCUT2D eigenvalue weighted by Crippen LogP contribution is -2.31. The van der Waals surface area contributed by atoms with Crippen LogP contribution in [0.4, 0.5) is 0 Å². The minimum atomic E-state index is -0.968. The highest BCUT2D eigenvalue weighted by Crippen LogP contribution is 2.03. The molecule has 1 aliphatic heterocycles. The molecule has 0 aliphatic carbocycles. The number of nitrogens with two attached hydrogens (primary N) is 3. The standard InChI is InChI=1S/C6H13NO2.C5H9NO2.2C2H5NO2/c1-4(2)3-5(7)6(8)9;7-5(8)4-2-1-3-6-4;2*3-1-2(4)5/h4-5H,3,7H2,1-2H3,(H,8,9);4,6H,1-3H2,(H,7,8);2*1,3H2,(H,4,5)/t;4-;;/m.0../s1. The molecule has 0 saturated carbocycles. The molecule has 1 rings (SSSR count). The molecule has 11 N–H and O–H groups in total. The summed E-state index contributed by atoms with van der Waals surface area (Å²) in [6.45, 7) is 4.20. The Morgan fingerprint density at radius 1 is 1.00 bits per heavy atom. The fourth-order valence-corrected chi connectivity index (χ4v) is 1.50. The van der Waals surface area contributed by atoms with Crippen molar-refractivity contribution in [2.45, 2.75) is 45.2 Å². The minimum absolute atomic E-state index is 0.269. The molecule has 0 spiro atoms. The van der Waals surface area contributed by atoms with Crippen molar-refractivity contribution in [2.75, 3.05) is 19.6 Å². The van der Waals surface area contributed by atoms with Gasteiger partial charge in [-0.2, -0.15) is 0 Å². The van der Waals surface area contributed by atoms with E-state index in [0.717, 1.165) is 19.4 Å². The van der Waals surface area contributed by atoms with Crippen LogP contribution in [0.5, 0.6) is 0 Å². The van der Waals surface area contributed by atoms with Crippen LogP contribution in [0.2, 0.25) is 0 Å². The molecule has 0 bridgehead atoms. The van der Waals surface area contributed by atoms with Gasteiger partial charge in [-0.15, -0.1) is 0 Å². The van der Waals surface area contributed by atoms with E-state index < -0.39 is 29.9 Å². The number of nitrogens with one attached hydrogen (secondary N) is 1. The summed E-state index contributed by atoms with van der Waals surface area (Å²) < 4.78 is 0. The molecule has 0 aromatic heterocycles. The molecule has 1 aliphatic rings. The van der Waals surface area contributed by atoms with E-state index in [2.05, 4.69) is 16.8 Å². The second-order valence-corrected chi connectivity index (χ2v) is 5.76. The SMILES string of the molecule is CC(C)CC(N)C(=O)O.NCC(=O)O.NCC(=O)O.O=C(O)[C@@H]1CCCN1. The second-order valence-electron chi connectivity index (χ2n) is 5.76. The van der Waals surface area contributed by atoms with Crippen LogP contribution in [0.25, 0.3) is 0 Å². The first kappa shape index (κ1) is 29.5. The van der Waals surface area contributed by atoms with Crippen LogP contribution in [0, 0.1) is 5.92 Å². The van der Waals surface area contributed by atoms with Gasteiger partial charge < -0.3 is 42.9 Å². The summed E-state index contributed by atoms with van der Waals surface area (Å²) in [6, 6.07) is -0.958. The first-order valence-electron chi connectivity index (χ1n) is 8.17. The first-order valence-corrected chi connectivity index (χ1v) is 8.17. The van der Waals surface area contributed by atoms with Crippen LogP contribution in [0.3, 0.4) is 0 Å². The minimum Gasteiger partial charge on any atom is -0.480 e. The zero-order chi connectivity index (χ0) is 22.0. The number of carboxylic acid groups (broad SMARTS) is 4. The molecule has 0 radical (unpaired) electrons. The Morgan fingerprint density at radius 3 is 1.52 bits per heavy atom. The Balaban J connectivity index is -0.000000295. The Morgan fingerprint density at radius 2 is 1.41 bits per heavy atom. The van der Waals surface area contributed by atoms with E-state index in [-0.39, 0.29) is 19.1 Å². The zero-order valence-electron chi connectivity index (χ0n) is 15.6. The van der Waals surface area contributed by atoms with Crippen LogP contribution in [0.1, 0.15) is 33.1 Å². The van der Waals surface area contributed by atoms with Crippen LogP contribution >= 0.6 is 0 Å². The van der Waals surface area contributed by atoms with Crippen molar-refractivity contribution in [3.63, 3.8) is 0 Å². The maximum absolute atomic E-state index is 10.1. The first-order chi connectivity index (χ1) is 12.4. The van der Waals surface area contributed by atoms with Gasteiger partial charge in [0.1, 0.15) is 12.1 Å². The lowest BCUT2D eigenvalue weighted by atomic mass is 10.1. The number of aliphatic carboxylic acids is 4. The van der Waals surface area contributed by atoms with E-state index in [0.29, 0.717) is 12.3 Å². The van der Waals surface area contributed by atoms with Crippen molar-refractivity contribution < 1.29 is 39.6 Å². The van der Waals surface area contributed by atoms with Crippen LogP contribution in [-0.2, 0) is 19.2 Å². The van der Waals surface area contributed by atoms with Gasteiger partial charge in [-0.05, 0) is 31.7 Å². The summed E-state index contributed by atoms with van der Waals surface area (Å²) in [5.41, 5.74) is 14.4. The maximum Gasteiger partial charge on any atom is 0.320 e. The van der Waals surface area contributed by atoms with E-state index in [9.17, 15) is 19.2 Å². The Labute approximate surface area is 157 Å². The number of hydrogen-bond donors (Lipinski definition) is 8. The summed E-state index contributed by atoms with van der Waals surface area (Å²) in [7, 11) is 0. The lowest BCUT2D eigenvalue weighted by Gasteiger charge is -2.07. The molecule has 0 amide bonds. The van der Waals surface area contributed by atoms with E-state index in [1.807, 2.05) is 13.8 Å². The molecule has 0 aromatic carbocycles. The average Bonchev–Trinajstić information content (AvgIpc) is 3.10. The molecule has 12 nitrogen and oxygen atoms in total. The van der Waals surface area contributed by atoms with Crippen molar-refractivity contribution in [1.29, 1.82) is 0 Å². The van der Waals surface area contributed by atoms with Crippen LogP contribution in [-0.4, -0.2) is 76.0 Å². The zero-order valence-corrected chi connectivity index (χ0v) is 15.6. The number of carbonyl (C=O) groups is 4. The highest BCUT2D eigenvalue weighted by molar-refractivity contribution is 5.73. The topological polar surface area (TPSA) is 239 Å². The van der Waals surface area contributed by atoms with Gasteiger partial charge >= 0.3 is 23.9 Å². The quantitative estimate of drug-likeness (QED) is 0.251. The largest absolute Gasteiger partial charge is 0.480 e. The van der Waals surface area contributed by atoms with Crippen molar-refractivity contribution in [2.24, 2.45) is 23.1 Å². The molecule has 2 atom stereocenters. The molecule has 1 fully saturated rings. The predicted octanol–water partition coefficient (Wildman–Crippen LogP) is -1.67. The van der Waals surface area contributed by atoms with Gasteiger partial charge in [0.05, 0.1) is 13.1 Å². The summed E-state index contributed by atoms with van der Waals surface area (Å²) in [6.07, 6.45) is 2.33. The Bertz CT molecular complexity index is 426. The van der Waals surface area contributed by atoms with Gasteiger partial charge in [-0.3, -0.25) is 19.2 Å². The summed E-state index contributed by atoms with van der Waals surface area (Å²) in [5, 5.41) is 34.7. The number of carboxylic acids is 4. The van der Waals surface area contributed by atoms with Crippen molar-refractivity contribution >= 4 is 23.9 Å². The number of rotatable bonds is 6. The second kappa shape index (κ2) is 18.5. The fraction of sp³-hybridized carbons (Fsp3) is 0.733. The normalized spacial score (nSPS) is 15.7. The third kappa shape index (κ3) is 26.1. The molecule has 27 heavy (non-hydrogen) atoms. The molecule has 1 saturated heterocycles. The van der Waals surface area contributed by atoms with Crippen LogP contribution in [0.15, 0.2) is 0 Å².